The lowest BCUT2D eigenvalue weighted by atomic mass is 10.00. The van der Waals surface area contributed by atoms with Crippen molar-refractivity contribution in [3.8, 4) is 28.7 Å². The molecule has 5 atom stereocenters. The van der Waals surface area contributed by atoms with Crippen molar-refractivity contribution in [2.75, 3.05) is 105 Å². The zero-order chi connectivity index (χ0) is 97.3. The number of ether oxygens (including phenoxy) is 5. The van der Waals surface area contributed by atoms with Gasteiger partial charge in [0.2, 0.25) is 0 Å². The molecule has 0 spiro atoms. The monoisotopic (exact) mass is 2210 g/mol. The molecule has 45 nitrogen and oxygen atoms in total. The normalized spacial score (nSPS) is 15.0. The molecule has 722 valence electrons. The van der Waals surface area contributed by atoms with E-state index >= 15 is 0 Å². The van der Waals surface area contributed by atoms with E-state index in [4.69, 9.17) is 28.7 Å². The molecule has 15 aromatic rings. The summed E-state index contributed by atoms with van der Waals surface area (Å²) in [5.41, 5.74) is 2.74. The van der Waals surface area contributed by atoms with E-state index in [1.807, 2.05) is 32.6 Å². The van der Waals surface area contributed by atoms with Gasteiger partial charge in [-0.05, 0) is 210 Å². The molecule has 0 radical (unpaired) electrons. The predicted octanol–water partition coefficient (Wildman–Crippen LogP) is 14.4. The first kappa shape index (κ1) is 100. The molecule has 15 aromatic heterocycles. The number of aliphatic hydroxyl groups excluding tert-OH is 5. The minimum absolute atomic E-state index is 0.000548. The van der Waals surface area contributed by atoms with Crippen LogP contribution in [0.25, 0.3) is 28.2 Å². The number of anilines is 10. The Labute approximate surface area is 829 Å². The maximum atomic E-state index is 12.4. The summed E-state index contributed by atoms with van der Waals surface area (Å²) in [6.07, 6.45) is 28.6. The molecule has 138 heavy (non-hydrogen) atoms. The van der Waals surface area contributed by atoms with Crippen molar-refractivity contribution in [3.63, 3.8) is 0 Å². The van der Waals surface area contributed by atoms with Crippen LogP contribution in [-0.2, 0) is 0 Å². The first-order valence-electron chi connectivity index (χ1n) is 43.4. The molecule has 0 aliphatic carbocycles. The highest BCUT2D eigenvalue weighted by Crippen LogP contribution is 2.36. The number of rotatable bonds is 25. The van der Waals surface area contributed by atoms with Crippen molar-refractivity contribution in [3.05, 3.63) is 206 Å². The molecule has 3 aliphatic rings. The van der Waals surface area contributed by atoms with E-state index in [1.54, 1.807) is 157 Å². The molecule has 18 rings (SSSR count). The van der Waals surface area contributed by atoms with Crippen molar-refractivity contribution >= 4 is 197 Å². The van der Waals surface area contributed by atoms with Gasteiger partial charge < -0.3 is 74.6 Å². The van der Waals surface area contributed by atoms with Gasteiger partial charge in [-0.1, -0.05) is 27.7 Å². The zero-order valence-corrected chi connectivity index (χ0v) is 82.3. The molecule has 3 saturated heterocycles. The molecule has 5 amide bonds. The molecule has 3 aliphatic heterocycles. The summed E-state index contributed by atoms with van der Waals surface area (Å²) in [5.74, 6) is 7.09. The first-order valence-corrected chi connectivity index (χ1v) is 47.4. The summed E-state index contributed by atoms with van der Waals surface area (Å²) < 4.78 is 37.2. The van der Waals surface area contributed by atoms with Crippen LogP contribution in [0.3, 0.4) is 0 Å². The van der Waals surface area contributed by atoms with Crippen LogP contribution in [-0.4, -0.2) is 237 Å². The van der Waals surface area contributed by atoms with Gasteiger partial charge in [0.05, 0.1) is 135 Å². The Morgan fingerprint density at radius 1 is 0.355 bits per heavy atom. The molecule has 0 bridgehead atoms. The topological polar surface area (TPSA) is 542 Å². The van der Waals surface area contributed by atoms with Crippen LogP contribution in [0, 0.1) is 11.8 Å². The van der Waals surface area contributed by atoms with Crippen molar-refractivity contribution in [1.82, 2.24) is 97.9 Å². The number of nitrogens with zero attached hydrogens (tertiary/aromatic N) is 23. The Morgan fingerprint density at radius 3 is 0.877 bits per heavy atom. The first-order chi connectivity index (χ1) is 66.9. The third-order valence-corrected chi connectivity index (χ3v) is 24.3. The van der Waals surface area contributed by atoms with Gasteiger partial charge in [0.25, 0.3) is 0 Å². The van der Waals surface area contributed by atoms with Gasteiger partial charge in [0.15, 0.2) is 57.0 Å². The van der Waals surface area contributed by atoms with Gasteiger partial charge in [-0.25, -0.2) is 48.9 Å². The van der Waals surface area contributed by atoms with Crippen molar-refractivity contribution in [1.29, 1.82) is 0 Å². The fraction of sp³-hybridized carbons (Fsp3) is 0.318. The van der Waals surface area contributed by atoms with E-state index in [0.717, 1.165) is 81.3 Å². The largest absolute Gasteiger partial charge is 0.418 e. The molecule has 18 heterocycles. The van der Waals surface area contributed by atoms with Crippen LogP contribution < -0.4 is 75.6 Å². The van der Waals surface area contributed by atoms with E-state index in [0.29, 0.717) is 134 Å². The van der Waals surface area contributed by atoms with E-state index in [1.165, 1.54) is 49.0 Å². The van der Waals surface area contributed by atoms with Crippen LogP contribution in [0.5, 0.6) is 28.7 Å². The summed E-state index contributed by atoms with van der Waals surface area (Å²) in [6, 6.07) is 24.9. The number of halogens is 5. The minimum Gasteiger partial charge on any atom is -0.408 e. The summed E-state index contributed by atoms with van der Waals surface area (Å²) in [6.45, 7) is 10.5. The second-order valence-electron chi connectivity index (χ2n) is 31.6. The second-order valence-corrected chi connectivity index (χ2v) is 35.9. The number of nitrogens with one attached hydrogen (secondary N) is 7. The molecule has 2 unspecified atom stereocenters. The number of piperidine rings is 2. The van der Waals surface area contributed by atoms with Gasteiger partial charge >= 0.3 is 30.5 Å². The number of pyridine rings is 5. The molecular formula is C88H95Br5N30O15. The van der Waals surface area contributed by atoms with Crippen LogP contribution in [0.15, 0.2) is 206 Å². The average Bonchev–Trinajstić information content (AvgIpc) is 1.62. The Kier molecular flexibility index (Phi) is 35.2. The van der Waals surface area contributed by atoms with Crippen molar-refractivity contribution in [2.45, 2.75) is 116 Å². The number of aliphatic hydroxyl groups is 5. The zero-order valence-electron chi connectivity index (χ0n) is 74.4. The van der Waals surface area contributed by atoms with Gasteiger partial charge in [-0.2, -0.15) is 48.1 Å². The fourth-order valence-corrected chi connectivity index (χ4v) is 16.4. The van der Waals surface area contributed by atoms with Crippen molar-refractivity contribution < 1.29 is 73.2 Å². The Balaban J connectivity index is 0.000000138. The number of aromatic nitrogens is 20. The highest BCUT2D eigenvalue weighted by Gasteiger charge is 2.31. The third-order valence-electron chi connectivity index (χ3n) is 21.5. The minimum atomic E-state index is -0.685. The molecule has 3 fully saturated rings. The standard InChI is InChI=1S/C19H21BrN6O3.C18H19BrN6O3.C17H17BrN6O3.2C17H19BrN6O3/c20-15-12-22-26-17(24-19(28)29-14-5-3-7-21-11-14)10-16(23-18(15)26)25-8-2-1-4-13(25)6-9-27;19-14-10-21-25-16(23-18(27)28-13-5-3-6-20-9-13)8-15(22-17(14)25)24-7-2-1-4-12(24)11-26;18-13-9-20-24-15(22-17(26)27-12-4-1-5-19-8-12)7-14(21-16(13)24)23-6-2-3-11(23)10-25;2*1-10(2)13(9-25)21-14-6-15(24-16(22-14)12(18)8-20-24)23-17(26)27-11-4-3-5-19-7-11/h3,5,7,10-13,27H,1-2,4,6,8-9H2,(H,24,28);3,5-6,8-10,12,26H,1-2,4,7,11H2,(H,23,27);1,4-5,7-9,11,25H,2-3,6,10H2,(H,22,26);2*3-8,10,13,25H,9H2,1-2H3,(H,21,22)(H,23,26)/t;;11-;2*13-/m..110/s1. The molecule has 0 saturated carbocycles. The fourth-order valence-electron chi connectivity index (χ4n) is 14.7. The molecule has 12 N–H and O–H groups in total. The van der Waals surface area contributed by atoms with E-state index in [-0.39, 0.29) is 75.1 Å². The molecular weight excluding hydrogens is 2120 g/mol. The predicted molar refractivity (Wildman–Crippen MR) is 528 cm³/mol. The van der Waals surface area contributed by atoms with Crippen molar-refractivity contribution in [2.24, 2.45) is 11.8 Å². The van der Waals surface area contributed by atoms with Crippen LogP contribution >= 0.6 is 79.6 Å². The summed E-state index contributed by atoms with van der Waals surface area (Å²) in [7, 11) is 0. The lowest BCUT2D eigenvalue weighted by Gasteiger charge is -2.36. The number of hydrogen-bond donors (Lipinski definition) is 12. The molecule has 50 heteroatoms. The van der Waals surface area contributed by atoms with Crippen LogP contribution in [0.4, 0.5) is 82.2 Å². The maximum absolute atomic E-state index is 12.4. The Bertz CT molecular complexity index is 6470. The third kappa shape index (κ3) is 26.2. The highest BCUT2D eigenvalue weighted by molar-refractivity contribution is 9.11. The number of fused-ring (bicyclic) bond motifs is 5. The maximum Gasteiger partial charge on any atom is 0.418 e. The lowest BCUT2D eigenvalue weighted by Crippen LogP contribution is -2.42. The number of amides is 5. The van der Waals surface area contributed by atoms with E-state index < -0.39 is 30.5 Å². The van der Waals surface area contributed by atoms with Gasteiger partial charge in [0, 0.05) is 93.6 Å². The number of carbonyl (C=O) groups excluding carboxylic acids is 5. The van der Waals surface area contributed by atoms with Gasteiger partial charge in [-0.15, -0.1) is 0 Å². The van der Waals surface area contributed by atoms with Gasteiger partial charge in [-0.3, -0.25) is 51.5 Å². The number of carbonyl (C=O) groups is 5. The Hall–Kier alpha value is -13.6. The number of hydrogen-bond acceptors (Lipinski definition) is 35. The summed E-state index contributed by atoms with van der Waals surface area (Å²) in [5, 5.41) is 88.9. The quantitative estimate of drug-likeness (QED) is 0.0253. The Morgan fingerprint density at radius 2 is 0.616 bits per heavy atom. The average molecular weight is 2210 g/mol. The van der Waals surface area contributed by atoms with Crippen LogP contribution in [0.1, 0.15) is 85.5 Å². The van der Waals surface area contributed by atoms with Crippen LogP contribution in [0.2, 0.25) is 0 Å². The van der Waals surface area contributed by atoms with Gasteiger partial charge in [0.1, 0.15) is 58.2 Å². The summed E-state index contributed by atoms with van der Waals surface area (Å²) >= 11 is 17.1. The smallest absolute Gasteiger partial charge is 0.408 e. The molecule has 0 aromatic carbocycles. The lowest BCUT2D eigenvalue weighted by molar-refractivity contribution is 0.214. The SMILES string of the molecule is CC(C)[C@@H](CO)Nc1cc(NC(=O)Oc2cccnc2)n2ncc(Br)c2n1.CC(C)[C@H](CO)Nc1cc(NC(=O)Oc2cccnc2)n2ncc(Br)c2n1.O=C(Nc1cc(N2CCCCC2CCO)nc2c(Br)cnn12)Oc1cccnc1.O=C(Nc1cc(N2CCCCC2CO)nc2c(Br)cnn12)Oc1cccnc1.O=C(Nc1cc(N2CCC[C@@H]2CO)nc2c(Br)cnn12)Oc1cccnc1. The van der Waals surface area contributed by atoms with E-state index in [9.17, 15) is 49.5 Å². The second kappa shape index (κ2) is 48.4. The summed E-state index contributed by atoms with van der Waals surface area (Å²) in [4.78, 5) is 110. The van der Waals surface area contributed by atoms with E-state index in [2.05, 4.69) is 197 Å². The highest BCUT2D eigenvalue weighted by atomic mass is 79.9.